The number of anilines is 2. The molecule has 0 bridgehead atoms. The fourth-order valence-electron chi connectivity index (χ4n) is 5.13. The maximum Gasteiger partial charge on any atom is 0.261 e. The second-order valence-corrected chi connectivity index (χ2v) is 9.77. The van der Waals surface area contributed by atoms with Crippen molar-refractivity contribution >= 4 is 22.9 Å². The smallest absolute Gasteiger partial charge is 0.261 e. The van der Waals surface area contributed by atoms with Crippen molar-refractivity contribution < 1.29 is 9.53 Å². The first-order valence-corrected chi connectivity index (χ1v) is 12.6. The van der Waals surface area contributed by atoms with Gasteiger partial charge in [0.25, 0.3) is 5.91 Å². The van der Waals surface area contributed by atoms with E-state index in [9.17, 15) is 4.79 Å². The summed E-state index contributed by atoms with van der Waals surface area (Å²) in [6, 6.07) is 11.3. The molecule has 34 heavy (non-hydrogen) atoms. The lowest BCUT2D eigenvalue weighted by Gasteiger charge is -2.36. The van der Waals surface area contributed by atoms with Crippen LogP contribution in [-0.2, 0) is 4.74 Å². The van der Waals surface area contributed by atoms with Crippen molar-refractivity contribution in [3.05, 3.63) is 54.0 Å². The van der Waals surface area contributed by atoms with Crippen molar-refractivity contribution in [2.24, 2.45) is 0 Å². The van der Waals surface area contributed by atoms with Crippen molar-refractivity contribution in [1.82, 2.24) is 19.9 Å². The number of aromatic nitrogens is 3. The predicted molar refractivity (Wildman–Crippen MR) is 132 cm³/mol. The van der Waals surface area contributed by atoms with Gasteiger partial charge in [0.2, 0.25) is 0 Å². The number of amides is 1. The van der Waals surface area contributed by atoms with Gasteiger partial charge in [-0.3, -0.25) is 4.79 Å². The van der Waals surface area contributed by atoms with Crippen molar-refractivity contribution in [2.75, 3.05) is 36.5 Å². The highest BCUT2D eigenvalue weighted by molar-refractivity contribution is 6.08. The number of benzene rings is 1. The maximum absolute atomic E-state index is 13.1. The van der Waals surface area contributed by atoms with E-state index in [-0.39, 0.29) is 5.91 Å². The zero-order valence-electron chi connectivity index (χ0n) is 19.4. The van der Waals surface area contributed by atoms with Gasteiger partial charge >= 0.3 is 0 Å². The van der Waals surface area contributed by atoms with Crippen LogP contribution >= 0.6 is 0 Å². The Morgan fingerprint density at radius 2 is 1.79 bits per heavy atom. The van der Waals surface area contributed by atoms with Crippen LogP contribution in [0.5, 0.6) is 0 Å². The van der Waals surface area contributed by atoms with Gasteiger partial charge in [0.05, 0.1) is 6.20 Å². The molecule has 0 atom stereocenters. The van der Waals surface area contributed by atoms with Crippen molar-refractivity contribution in [2.45, 2.75) is 56.5 Å². The Labute approximate surface area is 199 Å². The number of nitrogens with one attached hydrogen (secondary N) is 2. The highest BCUT2D eigenvalue weighted by Crippen LogP contribution is 2.39. The molecular weight excluding hydrogens is 428 g/mol. The number of carbonyl (C=O) groups excluding carboxylic acids is 1. The third kappa shape index (κ3) is 4.65. The molecule has 3 aromatic rings. The van der Waals surface area contributed by atoms with Crippen LogP contribution in [0, 0.1) is 0 Å². The average molecular weight is 461 g/mol. The second-order valence-electron chi connectivity index (χ2n) is 9.77. The van der Waals surface area contributed by atoms with E-state index < -0.39 is 0 Å². The normalized spacial score (nSPS) is 20.1. The van der Waals surface area contributed by atoms with Gasteiger partial charge < -0.3 is 20.3 Å². The number of fused-ring (bicyclic) bond motifs is 1. The fraction of sp³-hybridized carbons (Fsp3) is 0.500. The molecule has 8 heteroatoms. The number of hydrogen-bond donors (Lipinski definition) is 2. The van der Waals surface area contributed by atoms with Crippen LogP contribution in [0.15, 0.2) is 42.7 Å². The van der Waals surface area contributed by atoms with E-state index in [0.717, 1.165) is 69.1 Å². The molecule has 1 amide bonds. The number of rotatable bonds is 6. The summed E-state index contributed by atoms with van der Waals surface area (Å²) in [6.45, 7) is 3.78. The van der Waals surface area contributed by atoms with Gasteiger partial charge in [-0.2, -0.15) is 5.10 Å². The zero-order valence-corrected chi connectivity index (χ0v) is 19.4. The Balaban J connectivity index is 1.09. The van der Waals surface area contributed by atoms with Gasteiger partial charge in [0.15, 0.2) is 5.65 Å². The van der Waals surface area contributed by atoms with Crippen molar-refractivity contribution in [1.29, 1.82) is 0 Å². The molecule has 2 aliphatic heterocycles. The minimum atomic E-state index is -0.174. The van der Waals surface area contributed by atoms with E-state index in [0.29, 0.717) is 29.2 Å². The summed E-state index contributed by atoms with van der Waals surface area (Å²) in [7, 11) is 0. The van der Waals surface area contributed by atoms with E-state index in [2.05, 4.69) is 32.8 Å². The van der Waals surface area contributed by atoms with E-state index in [1.165, 1.54) is 12.8 Å². The van der Waals surface area contributed by atoms with E-state index in [1.807, 2.05) is 24.4 Å². The molecule has 1 aromatic carbocycles. The molecule has 178 valence electrons. The first-order valence-electron chi connectivity index (χ1n) is 12.6. The third-order valence-corrected chi connectivity index (χ3v) is 7.29. The van der Waals surface area contributed by atoms with E-state index in [4.69, 9.17) is 9.72 Å². The number of hydrogen-bond acceptors (Lipinski definition) is 6. The summed E-state index contributed by atoms with van der Waals surface area (Å²) < 4.78 is 7.15. The minimum absolute atomic E-state index is 0.174. The Hall–Kier alpha value is -2.97. The van der Waals surface area contributed by atoms with Gasteiger partial charge in [-0.15, -0.1) is 0 Å². The van der Waals surface area contributed by atoms with Gasteiger partial charge in [-0.05, 0) is 62.8 Å². The molecule has 1 saturated carbocycles. The highest BCUT2D eigenvalue weighted by Gasteiger charge is 2.26. The quantitative estimate of drug-likeness (QED) is 0.585. The molecule has 2 N–H and O–H groups in total. The standard InChI is InChI=1S/C26H32N6O2/c33-26(23-17-27-32-13-8-24(18-4-5-18)30-25(23)32)29-21-2-1-3-22(16-21)31-11-6-19(7-12-31)28-20-9-14-34-15-10-20/h1-3,8,13,16-20,28H,4-7,9-12,14-15H2,(H,29,33). The Kier molecular flexibility index (Phi) is 5.93. The van der Waals surface area contributed by atoms with Crippen LogP contribution in [0.25, 0.3) is 5.65 Å². The van der Waals surface area contributed by atoms with Crippen LogP contribution in [0.4, 0.5) is 11.4 Å². The number of piperidine rings is 1. The minimum Gasteiger partial charge on any atom is -0.381 e. The molecule has 2 aromatic heterocycles. The maximum atomic E-state index is 13.1. The number of nitrogens with zero attached hydrogens (tertiary/aromatic N) is 4. The molecule has 3 aliphatic rings. The monoisotopic (exact) mass is 460 g/mol. The molecule has 1 aliphatic carbocycles. The fourth-order valence-corrected chi connectivity index (χ4v) is 5.13. The summed E-state index contributed by atoms with van der Waals surface area (Å²) in [5.74, 6) is 0.357. The summed E-state index contributed by atoms with van der Waals surface area (Å²) in [5, 5.41) is 11.2. The van der Waals surface area contributed by atoms with Crippen molar-refractivity contribution in [3.63, 3.8) is 0 Å². The van der Waals surface area contributed by atoms with Gasteiger partial charge in [-0.1, -0.05) is 6.07 Å². The van der Waals surface area contributed by atoms with Crippen LogP contribution in [0.3, 0.4) is 0 Å². The molecule has 0 unspecified atom stereocenters. The van der Waals surface area contributed by atoms with Gasteiger partial charge in [-0.25, -0.2) is 9.50 Å². The topological polar surface area (TPSA) is 83.8 Å². The number of ether oxygens (including phenoxy) is 1. The van der Waals surface area contributed by atoms with Crippen molar-refractivity contribution in [3.8, 4) is 0 Å². The Morgan fingerprint density at radius 3 is 2.59 bits per heavy atom. The van der Waals surface area contributed by atoms with Crippen LogP contribution in [0.2, 0.25) is 0 Å². The lowest BCUT2D eigenvalue weighted by Crippen LogP contribution is -2.47. The zero-order chi connectivity index (χ0) is 22.9. The summed E-state index contributed by atoms with van der Waals surface area (Å²) in [6.07, 6.45) is 10.3. The molecule has 2 saturated heterocycles. The first-order chi connectivity index (χ1) is 16.7. The molecule has 6 rings (SSSR count). The third-order valence-electron chi connectivity index (χ3n) is 7.29. The molecule has 4 heterocycles. The second kappa shape index (κ2) is 9.35. The summed E-state index contributed by atoms with van der Waals surface area (Å²) >= 11 is 0. The predicted octanol–water partition coefficient (Wildman–Crippen LogP) is 3.60. The average Bonchev–Trinajstić information content (AvgIpc) is 3.64. The SMILES string of the molecule is O=C(Nc1cccc(N2CCC(NC3CCOCC3)CC2)c1)c1cnn2ccc(C3CC3)nc12. The van der Waals surface area contributed by atoms with Crippen LogP contribution < -0.4 is 15.5 Å². The van der Waals surface area contributed by atoms with Gasteiger partial charge in [0, 0.05) is 67.6 Å². The van der Waals surface area contributed by atoms with E-state index >= 15 is 0 Å². The van der Waals surface area contributed by atoms with Crippen LogP contribution in [0.1, 0.15) is 60.5 Å². The molecule has 0 spiro atoms. The molecular formula is C26H32N6O2. The largest absolute Gasteiger partial charge is 0.381 e. The molecule has 0 radical (unpaired) electrons. The lowest BCUT2D eigenvalue weighted by atomic mass is 10.0. The first kappa shape index (κ1) is 21.6. The van der Waals surface area contributed by atoms with Gasteiger partial charge in [0.1, 0.15) is 5.56 Å². The molecule has 8 nitrogen and oxygen atoms in total. The Morgan fingerprint density at radius 1 is 1.00 bits per heavy atom. The Bertz CT molecular complexity index is 1160. The molecule has 3 fully saturated rings. The highest BCUT2D eigenvalue weighted by atomic mass is 16.5. The summed E-state index contributed by atoms with van der Waals surface area (Å²) in [5.41, 5.74) is 4.13. The summed E-state index contributed by atoms with van der Waals surface area (Å²) in [4.78, 5) is 20.2. The number of carbonyl (C=O) groups is 1. The van der Waals surface area contributed by atoms with Crippen LogP contribution in [-0.4, -0.2) is 58.9 Å². The lowest BCUT2D eigenvalue weighted by molar-refractivity contribution is 0.0738. The van der Waals surface area contributed by atoms with E-state index in [1.54, 1.807) is 10.7 Å².